The van der Waals surface area contributed by atoms with E-state index in [9.17, 15) is 0 Å². The van der Waals surface area contributed by atoms with E-state index in [2.05, 4.69) is 243 Å². The Balaban J connectivity index is 1.06. The van der Waals surface area contributed by atoms with Gasteiger partial charge in [-0.2, -0.15) is 0 Å². The van der Waals surface area contributed by atoms with E-state index in [0.717, 1.165) is 5.75 Å². The van der Waals surface area contributed by atoms with Crippen LogP contribution in [-0.4, -0.2) is 0 Å². The highest BCUT2D eigenvalue weighted by molar-refractivity contribution is 6.24. The predicted molar refractivity (Wildman–Crippen MR) is 264 cm³/mol. The van der Waals surface area contributed by atoms with Crippen LogP contribution in [-0.2, 0) is 0 Å². The number of benzene rings is 11. The van der Waals surface area contributed by atoms with Crippen LogP contribution >= 0.6 is 0 Å². The van der Waals surface area contributed by atoms with Crippen LogP contribution in [0.15, 0.2) is 243 Å². The van der Waals surface area contributed by atoms with Gasteiger partial charge in [0.15, 0.2) is 0 Å². The van der Waals surface area contributed by atoms with E-state index in [0.29, 0.717) is 0 Å². The molecule has 11 aromatic rings. The topological polar surface area (TPSA) is 9.23 Å². The van der Waals surface area contributed by atoms with Crippen molar-refractivity contribution >= 4 is 32.3 Å². The molecule has 0 saturated heterocycles. The third kappa shape index (κ3) is 6.49. The lowest BCUT2D eigenvalue weighted by molar-refractivity contribution is 0.222. The van der Waals surface area contributed by atoms with Crippen LogP contribution < -0.4 is 4.74 Å². The third-order valence-electron chi connectivity index (χ3n) is 13.1. The van der Waals surface area contributed by atoms with Crippen molar-refractivity contribution in [3.05, 3.63) is 259 Å². The lowest BCUT2D eigenvalue weighted by Gasteiger charge is -2.21. The summed E-state index contributed by atoms with van der Waals surface area (Å²) in [6.07, 6.45) is -0.0946. The second-order valence-corrected chi connectivity index (χ2v) is 16.7. The van der Waals surface area contributed by atoms with Gasteiger partial charge in [-0.3, -0.25) is 0 Å². The molecular weight excluding hydrogens is 761 g/mol. The van der Waals surface area contributed by atoms with Crippen LogP contribution in [0.3, 0.4) is 0 Å². The highest BCUT2D eigenvalue weighted by Gasteiger charge is 2.37. The van der Waals surface area contributed by atoms with Gasteiger partial charge in [0, 0.05) is 5.56 Å². The molecule has 0 aliphatic carbocycles. The van der Waals surface area contributed by atoms with Crippen LogP contribution in [0.1, 0.15) is 28.7 Å². The maximum absolute atomic E-state index is 6.75. The van der Waals surface area contributed by atoms with Gasteiger partial charge in [-0.1, -0.05) is 218 Å². The summed E-state index contributed by atoms with van der Waals surface area (Å²) < 4.78 is 6.75. The first-order valence-corrected chi connectivity index (χ1v) is 21.9. The zero-order chi connectivity index (χ0) is 41.7. The van der Waals surface area contributed by atoms with Crippen LogP contribution in [0, 0.1) is 0 Å². The molecule has 0 saturated carbocycles. The first-order valence-electron chi connectivity index (χ1n) is 21.9. The monoisotopic (exact) mass is 802 g/mol. The molecule has 1 aliphatic heterocycles. The Morgan fingerprint density at radius 1 is 0.286 bits per heavy atom. The van der Waals surface area contributed by atoms with Gasteiger partial charge in [-0.05, 0) is 123 Å². The number of fused-ring (bicyclic) bond motifs is 4. The van der Waals surface area contributed by atoms with E-state index in [1.54, 1.807) is 0 Å². The normalized spacial score (nSPS) is 14.5. The summed E-state index contributed by atoms with van der Waals surface area (Å²) in [5, 5.41) is 7.43. The van der Waals surface area contributed by atoms with E-state index >= 15 is 0 Å². The molecule has 1 nitrogen and oxygen atoms in total. The van der Waals surface area contributed by atoms with Crippen LogP contribution in [0.25, 0.3) is 88.0 Å². The molecule has 2 atom stereocenters. The summed E-state index contributed by atoms with van der Waals surface area (Å²) in [6, 6.07) is 88.6. The van der Waals surface area contributed by atoms with Crippen molar-refractivity contribution in [1.82, 2.24) is 0 Å². The van der Waals surface area contributed by atoms with Gasteiger partial charge in [0.2, 0.25) is 0 Å². The van der Waals surface area contributed by atoms with E-state index in [1.807, 2.05) is 0 Å². The quantitative estimate of drug-likeness (QED) is 0.146. The smallest absolute Gasteiger partial charge is 0.135 e. The Kier molecular flexibility index (Phi) is 9.04. The Bertz CT molecular complexity index is 3440. The molecule has 0 radical (unpaired) electrons. The molecule has 11 aromatic carbocycles. The lowest BCUT2D eigenvalue weighted by Crippen LogP contribution is -2.11. The van der Waals surface area contributed by atoms with Crippen molar-refractivity contribution in [3.63, 3.8) is 0 Å². The summed E-state index contributed by atoms with van der Waals surface area (Å²) >= 11 is 0. The fourth-order valence-electron chi connectivity index (χ4n) is 10.1. The maximum atomic E-state index is 6.75. The molecule has 0 spiro atoms. The Morgan fingerprint density at radius 3 is 1.43 bits per heavy atom. The molecule has 0 fully saturated rings. The van der Waals surface area contributed by atoms with Crippen molar-refractivity contribution in [3.8, 4) is 61.4 Å². The van der Waals surface area contributed by atoms with Crippen molar-refractivity contribution in [1.29, 1.82) is 0 Å². The second-order valence-electron chi connectivity index (χ2n) is 16.7. The molecule has 0 amide bonds. The highest BCUT2D eigenvalue weighted by atomic mass is 16.5. The average Bonchev–Trinajstić information content (AvgIpc) is 3.75. The molecular formula is C62H42O. The van der Waals surface area contributed by atoms with Gasteiger partial charge < -0.3 is 4.74 Å². The second kappa shape index (κ2) is 15.5. The van der Waals surface area contributed by atoms with Crippen molar-refractivity contribution < 1.29 is 4.74 Å². The number of ether oxygens (including phenoxy) is 1. The molecule has 2 unspecified atom stereocenters. The van der Waals surface area contributed by atoms with E-state index in [-0.39, 0.29) is 12.0 Å². The first kappa shape index (κ1) is 36.8. The Labute approximate surface area is 368 Å². The van der Waals surface area contributed by atoms with E-state index in [4.69, 9.17) is 4.74 Å². The summed E-state index contributed by atoms with van der Waals surface area (Å²) in [5.41, 5.74) is 15.8. The maximum Gasteiger partial charge on any atom is 0.135 e. The van der Waals surface area contributed by atoms with Gasteiger partial charge >= 0.3 is 0 Å². The summed E-state index contributed by atoms with van der Waals surface area (Å²) in [7, 11) is 0. The molecule has 1 aliphatic rings. The third-order valence-corrected chi connectivity index (χ3v) is 13.1. The fourth-order valence-corrected chi connectivity index (χ4v) is 10.1. The standard InChI is InChI=1S/C62H42O/c1-5-16-41(17-6-1)48-33-36-54-55(38-48)59(53-35-32-49(42-18-7-2-8-19-42)39-56(53)61(54)52-27-15-25-44-20-13-14-26-51(44)52)46-30-28-43(29-31-46)50-34-37-58-57(40-50)60(45-21-9-3-10-22-45)62(63-58)47-23-11-4-12-24-47/h1-40,60,62H. The number of hydrogen-bond donors (Lipinski definition) is 0. The molecule has 63 heavy (non-hydrogen) atoms. The van der Waals surface area contributed by atoms with Gasteiger partial charge in [-0.25, -0.2) is 0 Å². The fraction of sp³-hybridized carbons (Fsp3) is 0.0323. The minimum absolute atomic E-state index is 0.0837. The van der Waals surface area contributed by atoms with Crippen molar-refractivity contribution in [2.75, 3.05) is 0 Å². The minimum Gasteiger partial charge on any atom is -0.484 e. The molecule has 1 heterocycles. The van der Waals surface area contributed by atoms with Crippen LogP contribution in [0.5, 0.6) is 5.75 Å². The predicted octanol–water partition coefficient (Wildman–Crippen LogP) is 16.7. The highest BCUT2D eigenvalue weighted by Crippen LogP contribution is 2.51. The summed E-state index contributed by atoms with van der Waals surface area (Å²) in [5.74, 6) is 1.03. The summed E-state index contributed by atoms with van der Waals surface area (Å²) in [6.45, 7) is 0. The molecule has 296 valence electrons. The SMILES string of the molecule is c1ccc(-c2ccc3c(-c4cccc5ccccc45)c4cc(-c5ccccc5)ccc4c(-c4ccc(-c5ccc6c(c5)C(c5ccccc5)C(c5ccccc5)O6)cc4)c3c2)cc1. The first-order chi connectivity index (χ1) is 31.2. The zero-order valence-electron chi connectivity index (χ0n) is 34.7. The lowest BCUT2D eigenvalue weighted by atomic mass is 9.82. The zero-order valence-corrected chi connectivity index (χ0v) is 34.7. The Morgan fingerprint density at radius 2 is 0.762 bits per heavy atom. The van der Waals surface area contributed by atoms with E-state index < -0.39 is 0 Å². The van der Waals surface area contributed by atoms with Gasteiger partial charge in [0.05, 0.1) is 5.92 Å². The molecule has 12 rings (SSSR count). The van der Waals surface area contributed by atoms with Crippen LogP contribution in [0.2, 0.25) is 0 Å². The molecule has 0 N–H and O–H groups in total. The van der Waals surface area contributed by atoms with Crippen molar-refractivity contribution in [2.24, 2.45) is 0 Å². The largest absolute Gasteiger partial charge is 0.484 e. The minimum atomic E-state index is -0.0946. The molecule has 0 aromatic heterocycles. The summed E-state index contributed by atoms with van der Waals surface area (Å²) in [4.78, 5) is 0. The van der Waals surface area contributed by atoms with Gasteiger partial charge in [0.25, 0.3) is 0 Å². The van der Waals surface area contributed by atoms with Gasteiger partial charge in [0.1, 0.15) is 11.9 Å². The van der Waals surface area contributed by atoms with Gasteiger partial charge in [-0.15, -0.1) is 0 Å². The Hall–Kier alpha value is -8.00. The molecule has 0 bridgehead atoms. The number of hydrogen-bond acceptors (Lipinski definition) is 1. The average molecular weight is 803 g/mol. The number of rotatable bonds is 7. The van der Waals surface area contributed by atoms with Crippen LogP contribution in [0.4, 0.5) is 0 Å². The van der Waals surface area contributed by atoms with Crippen molar-refractivity contribution in [2.45, 2.75) is 12.0 Å². The molecule has 1 heteroatoms. The van der Waals surface area contributed by atoms with E-state index in [1.165, 1.54) is 105 Å².